The monoisotopic (exact) mass is 308 g/mol. The summed E-state index contributed by atoms with van der Waals surface area (Å²) in [5, 5.41) is 0. The fraction of sp³-hybridized carbons (Fsp3) is 0.333. The van der Waals surface area contributed by atoms with Gasteiger partial charge in [0.05, 0.1) is 25.1 Å². The molecule has 0 aliphatic heterocycles. The van der Waals surface area contributed by atoms with Crippen LogP contribution in [0.15, 0.2) is 29.9 Å². The molecule has 0 aliphatic rings. The Morgan fingerprint density at radius 3 is 2.90 bits per heavy atom. The molecule has 0 fully saturated rings. The van der Waals surface area contributed by atoms with Gasteiger partial charge in [-0.05, 0) is 18.6 Å². The molecular formula is C15H17FN2O2S. The summed E-state index contributed by atoms with van der Waals surface area (Å²) in [6.45, 7) is 2.81. The molecule has 0 saturated carbocycles. The number of benzene rings is 1. The second-order valence-corrected chi connectivity index (χ2v) is 5.55. The number of halogens is 1. The molecule has 112 valence electrons. The second kappa shape index (κ2) is 7.17. The van der Waals surface area contributed by atoms with E-state index in [-0.39, 0.29) is 12.3 Å². The van der Waals surface area contributed by atoms with Gasteiger partial charge in [0.2, 0.25) is 5.91 Å². The first-order valence-corrected chi connectivity index (χ1v) is 7.50. The smallest absolute Gasteiger partial charge is 0.227 e. The van der Waals surface area contributed by atoms with E-state index in [0.29, 0.717) is 24.5 Å². The van der Waals surface area contributed by atoms with Crippen LogP contribution in [0.1, 0.15) is 17.4 Å². The number of aromatic nitrogens is 1. The number of likely N-dealkylation sites (N-methyl/N-ethyl adjacent to an activating group) is 1. The van der Waals surface area contributed by atoms with Crippen molar-refractivity contribution < 1.29 is 13.9 Å². The molecule has 0 N–H and O–H groups in total. The lowest BCUT2D eigenvalue weighted by atomic mass is 10.1. The van der Waals surface area contributed by atoms with Crippen molar-refractivity contribution in [2.45, 2.75) is 19.9 Å². The average molecular weight is 308 g/mol. The summed E-state index contributed by atoms with van der Waals surface area (Å²) in [5.41, 5.74) is 2.10. The van der Waals surface area contributed by atoms with Gasteiger partial charge in [0.15, 0.2) is 0 Å². The van der Waals surface area contributed by atoms with Crippen LogP contribution < -0.4 is 4.74 Å². The summed E-state index contributed by atoms with van der Waals surface area (Å²) in [5.74, 6) is -0.0730. The number of rotatable bonds is 6. The Hall–Kier alpha value is -1.95. The number of thiazole rings is 1. The molecule has 6 heteroatoms. The number of carbonyl (C=O) groups is 1. The van der Waals surface area contributed by atoms with E-state index < -0.39 is 5.82 Å². The molecule has 21 heavy (non-hydrogen) atoms. The molecule has 0 aliphatic carbocycles. The molecule has 0 unspecified atom stereocenters. The van der Waals surface area contributed by atoms with Gasteiger partial charge in [-0.3, -0.25) is 9.78 Å². The molecule has 0 saturated heterocycles. The fourth-order valence-electron chi connectivity index (χ4n) is 1.87. The van der Waals surface area contributed by atoms with E-state index in [9.17, 15) is 9.18 Å². The molecule has 0 radical (unpaired) electrons. The highest BCUT2D eigenvalue weighted by Crippen LogP contribution is 2.18. The van der Waals surface area contributed by atoms with Crippen LogP contribution in [0.4, 0.5) is 4.39 Å². The van der Waals surface area contributed by atoms with Crippen molar-refractivity contribution in [3.63, 3.8) is 0 Å². The SMILES string of the molecule is CCOc1ccc(CC(=O)N(C)Cc2cncs2)c(F)c1. The molecule has 2 aromatic rings. The molecule has 1 amide bonds. The predicted molar refractivity (Wildman–Crippen MR) is 79.9 cm³/mol. The second-order valence-electron chi connectivity index (χ2n) is 4.58. The summed E-state index contributed by atoms with van der Waals surface area (Å²) in [6, 6.07) is 4.59. The lowest BCUT2D eigenvalue weighted by molar-refractivity contribution is -0.129. The maximum Gasteiger partial charge on any atom is 0.227 e. The Balaban J connectivity index is 1.98. The van der Waals surface area contributed by atoms with Crippen LogP contribution in [0.2, 0.25) is 0 Å². The Bertz CT molecular complexity index is 602. The summed E-state index contributed by atoms with van der Waals surface area (Å²) >= 11 is 1.49. The van der Waals surface area contributed by atoms with Crippen LogP contribution in [0, 0.1) is 5.82 Å². The van der Waals surface area contributed by atoms with E-state index in [1.807, 2.05) is 6.92 Å². The van der Waals surface area contributed by atoms with Gasteiger partial charge >= 0.3 is 0 Å². The van der Waals surface area contributed by atoms with Crippen LogP contribution in [-0.4, -0.2) is 29.4 Å². The van der Waals surface area contributed by atoms with Crippen LogP contribution in [0.5, 0.6) is 5.75 Å². The number of hydrogen-bond acceptors (Lipinski definition) is 4. The van der Waals surface area contributed by atoms with Crippen molar-refractivity contribution in [2.75, 3.05) is 13.7 Å². The Morgan fingerprint density at radius 1 is 1.48 bits per heavy atom. The van der Waals surface area contributed by atoms with Gasteiger partial charge in [0, 0.05) is 24.2 Å². The molecule has 0 atom stereocenters. The highest BCUT2D eigenvalue weighted by molar-refractivity contribution is 7.09. The van der Waals surface area contributed by atoms with E-state index in [4.69, 9.17) is 4.74 Å². The third-order valence-corrected chi connectivity index (χ3v) is 3.74. The minimum atomic E-state index is -0.416. The quantitative estimate of drug-likeness (QED) is 0.824. The molecule has 4 nitrogen and oxygen atoms in total. The topological polar surface area (TPSA) is 42.4 Å². The van der Waals surface area contributed by atoms with Crippen molar-refractivity contribution in [3.8, 4) is 5.75 Å². The van der Waals surface area contributed by atoms with E-state index in [2.05, 4.69) is 4.98 Å². The summed E-state index contributed by atoms with van der Waals surface area (Å²) in [7, 11) is 1.70. The molecular weight excluding hydrogens is 291 g/mol. The van der Waals surface area contributed by atoms with Crippen molar-refractivity contribution in [1.29, 1.82) is 0 Å². The van der Waals surface area contributed by atoms with Gasteiger partial charge in [0.1, 0.15) is 11.6 Å². The fourth-order valence-corrected chi connectivity index (χ4v) is 2.51. The lowest BCUT2D eigenvalue weighted by Gasteiger charge is -2.16. The standard InChI is InChI=1S/C15H17FN2O2S/c1-3-20-12-5-4-11(14(16)7-12)6-15(19)18(2)9-13-8-17-10-21-13/h4-5,7-8,10H,3,6,9H2,1-2H3. The highest BCUT2D eigenvalue weighted by Gasteiger charge is 2.14. The van der Waals surface area contributed by atoms with E-state index in [1.165, 1.54) is 17.4 Å². The molecule has 1 aromatic carbocycles. The molecule has 2 rings (SSSR count). The van der Waals surface area contributed by atoms with Gasteiger partial charge in [-0.15, -0.1) is 11.3 Å². The zero-order valence-corrected chi connectivity index (χ0v) is 12.8. The summed E-state index contributed by atoms with van der Waals surface area (Å²) in [4.78, 5) is 18.7. The molecule has 1 aromatic heterocycles. The lowest BCUT2D eigenvalue weighted by Crippen LogP contribution is -2.27. The first kappa shape index (κ1) is 15.4. The highest BCUT2D eigenvalue weighted by atomic mass is 32.1. The average Bonchev–Trinajstić information content (AvgIpc) is 2.95. The predicted octanol–water partition coefficient (Wildman–Crippen LogP) is 2.88. The zero-order chi connectivity index (χ0) is 15.2. The molecule has 1 heterocycles. The maximum absolute atomic E-state index is 13.9. The molecule has 0 bridgehead atoms. The van der Waals surface area contributed by atoms with Crippen LogP contribution in [-0.2, 0) is 17.8 Å². The zero-order valence-electron chi connectivity index (χ0n) is 12.0. The Morgan fingerprint density at radius 2 is 2.29 bits per heavy atom. The van der Waals surface area contributed by atoms with E-state index in [0.717, 1.165) is 4.88 Å². The van der Waals surface area contributed by atoms with Crippen molar-refractivity contribution in [3.05, 3.63) is 46.2 Å². The van der Waals surface area contributed by atoms with Gasteiger partial charge < -0.3 is 9.64 Å². The van der Waals surface area contributed by atoms with Crippen LogP contribution in [0.3, 0.4) is 0 Å². The largest absolute Gasteiger partial charge is 0.494 e. The Labute approximate surface area is 127 Å². The van der Waals surface area contributed by atoms with Crippen molar-refractivity contribution in [1.82, 2.24) is 9.88 Å². The van der Waals surface area contributed by atoms with E-state index >= 15 is 0 Å². The van der Waals surface area contributed by atoms with E-state index in [1.54, 1.807) is 35.8 Å². The van der Waals surface area contributed by atoms with Gasteiger partial charge in [-0.25, -0.2) is 4.39 Å². The molecule has 0 spiro atoms. The summed E-state index contributed by atoms with van der Waals surface area (Å²) < 4.78 is 19.1. The number of hydrogen-bond donors (Lipinski definition) is 0. The van der Waals surface area contributed by atoms with Gasteiger partial charge in [-0.2, -0.15) is 0 Å². The first-order chi connectivity index (χ1) is 10.1. The van der Waals surface area contributed by atoms with Crippen LogP contribution in [0.25, 0.3) is 0 Å². The maximum atomic E-state index is 13.9. The minimum Gasteiger partial charge on any atom is -0.494 e. The Kier molecular flexibility index (Phi) is 5.27. The number of amides is 1. The minimum absolute atomic E-state index is 0.0353. The number of carbonyl (C=O) groups excluding carboxylic acids is 1. The number of ether oxygens (including phenoxy) is 1. The van der Waals surface area contributed by atoms with Gasteiger partial charge in [0.25, 0.3) is 0 Å². The third-order valence-electron chi connectivity index (χ3n) is 2.98. The normalized spacial score (nSPS) is 10.4. The van der Waals surface area contributed by atoms with Crippen LogP contribution >= 0.6 is 11.3 Å². The summed E-state index contributed by atoms with van der Waals surface area (Å²) in [6.07, 6.45) is 1.76. The van der Waals surface area contributed by atoms with Gasteiger partial charge in [-0.1, -0.05) is 6.07 Å². The first-order valence-electron chi connectivity index (χ1n) is 6.62. The number of nitrogens with zero attached hydrogens (tertiary/aromatic N) is 2. The third kappa shape index (κ3) is 4.26. The van der Waals surface area contributed by atoms with Crippen molar-refractivity contribution in [2.24, 2.45) is 0 Å². The van der Waals surface area contributed by atoms with Crippen molar-refractivity contribution >= 4 is 17.2 Å².